The van der Waals surface area contributed by atoms with Crippen molar-refractivity contribution in [1.82, 2.24) is 0 Å². The van der Waals surface area contributed by atoms with Crippen LogP contribution in [0, 0.1) is 0 Å². The number of hydrogen-bond acceptors (Lipinski definition) is 5. The summed E-state index contributed by atoms with van der Waals surface area (Å²) in [6.45, 7) is 6.29. The summed E-state index contributed by atoms with van der Waals surface area (Å²) in [5.74, 6) is -0.972. The van der Waals surface area contributed by atoms with Gasteiger partial charge in [0.1, 0.15) is 12.2 Å². The third-order valence-corrected chi connectivity index (χ3v) is 2.07. The molecule has 0 aromatic carbocycles. The molecule has 0 saturated carbocycles. The molecule has 0 aliphatic carbocycles. The first-order valence-corrected chi connectivity index (χ1v) is 4.86. The minimum atomic E-state index is -0.580. The van der Waals surface area contributed by atoms with Gasteiger partial charge in [0.25, 0.3) is 0 Å². The number of rotatable bonds is 4. The molecule has 0 bridgehead atoms. The molecule has 0 aromatic heterocycles. The SMILES string of the molecule is COC(=O)COC[C@@]1(C)COC(C)(C)O1. The predicted molar refractivity (Wildman–Crippen MR) is 52.4 cm³/mol. The summed E-state index contributed by atoms with van der Waals surface area (Å²) >= 11 is 0. The lowest BCUT2D eigenvalue weighted by atomic mass is 10.1. The molecule has 5 nitrogen and oxygen atoms in total. The molecule has 1 aliphatic rings. The molecule has 1 heterocycles. The second-order valence-electron chi connectivity index (χ2n) is 4.31. The van der Waals surface area contributed by atoms with Gasteiger partial charge < -0.3 is 18.9 Å². The van der Waals surface area contributed by atoms with E-state index >= 15 is 0 Å². The normalized spacial score (nSPS) is 29.1. The van der Waals surface area contributed by atoms with E-state index in [1.54, 1.807) is 0 Å². The summed E-state index contributed by atoms with van der Waals surface area (Å²) in [7, 11) is 1.33. The van der Waals surface area contributed by atoms with Crippen molar-refractivity contribution in [3.8, 4) is 0 Å². The molecule has 0 N–H and O–H groups in total. The van der Waals surface area contributed by atoms with Crippen molar-refractivity contribution in [1.29, 1.82) is 0 Å². The van der Waals surface area contributed by atoms with E-state index in [0.29, 0.717) is 13.2 Å². The minimum absolute atomic E-state index is 0.0596. The van der Waals surface area contributed by atoms with E-state index in [-0.39, 0.29) is 6.61 Å². The molecule has 0 aromatic rings. The number of esters is 1. The Kier molecular flexibility index (Phi) is 3.70. The van der Waals surface area contributed by atoms with Gasteiger partial charge in [0.05, 0.1) is 20.3 Å². The zero-order valence-corrected chi connectivity index (χ0v) is 9.66. The van der Waals surface area contributed by atoms with Crippen molar-refractivity contribution in [2.45, 2.75) is 32.2 Å². The third-order valence-electron chi connectivity index (χ3n) is 2.07. The molecule has 1 atom stereocenters. The van der Waals surface area contributed by atoms with E-state index in [9.17, 15) is 4.79 Å². The Morgan fingerprint density at radius 1 is 1.40 bits per heavy atom. The Labute approximate surface area is 89.6 Å². The van der Waals surface area contributed by atoms with Crippen LogP contribution in [-0.4, -0.2) is 44.3 Å². The van der Waals surface area contributed by atoms with Gasteiger partial charge in [-0.25, -0.2) is 4.79 Å². The van der Waals surface area contributed by atoms with Crippen LogP contribution in [-0.2, 0) is 23.7 Å². The highest BCUT2D eigenvalue weighted by Crippen LogP contribution is 2.30. The molecule has 0 amide bonds. The van der Waals surface area contributed by atoms with Gasteiger partial charge in [0.2, 0.25) is 0 Å². The van der Waals surface area contributed by atoms with Gasteiger partial charge in [-0.15, -0.1) is 0 Å². The van der Waals surface area contributed by atoms with Gasteiger partial charge in [-0.05, 0) is 20.8 Å². The average Bonchev–Trinajstić information content (AvgIpc) is 2.41. The summed E-state index contributed by atoms with van der Waals surface area (Å²) in [6, 6.07) is 0. The van der Waals surface area contributed by atoms with Crippen LogP contribution < -0.4 is 0 Å². The molecule has 0 unspecified atom stereocenters. The van der Waals surface area contributed by atoms with Crippen LogP contribution in [0.1, 0.15) is 20.8 Å². The van der Waals surface area contributed by atoms with Crippen molar-refractivity contribution < 1.29 is 23.7 Å². The summed E-state index contributed by atoms with van der Waals surface area (Å²) < 4.78 is 20.7. The fourth-order valence-corrected chi connectivity index (χ4v) is 1.46. The van der Waals surface area contributed by atoms with Gasteiger partial charge in [-0.1, -0.05) is 0 Å². The molecule has 0 radical (unpaired) electrons. The Balaban J connectivity index is 2.30. The number of ether oxygens (including phenoxy) is 4. The molecular formula is C10H18O5. The maximum atomic E-state index is 10.8. The van der Waals surface area contributed by atoms with E-state index < -0.39 is 17.4 Å². The van der Waals surface area contributed by atoms with Gasteiger partial charge in [0, 0.05) is 0 Å². The van der Waals surface area contributed by atoms with Crippen molar-refractivity contribution in [2.24, 2.45) is 0 Å². The van der Waals surface area contributed by atoms with Gasteiger partial charge in [-0.2, -0.15) is 0 Å². The summed E-state index contributed by atoms with van der Waals surface area (Å²) in [5, 5.41) is 0. The quantitative estimate of drug-likeness (QED) is 0.651. The van der Waals surface area contributed by atoms with Crippen LogP contribution >= 0.6 is 0 Å². The molecule has 1 aliphatic heterocycles. The zero-order chi connectivity index (χ0) is 11.5. The largest absolute Gasteiger partial charge is 0.467 e. The topological polar surface area (TPSA) is 54.0 Å². The molecule has 1 saturated heterocycles. The molecular weight excluding hydrogens is 200 g/mol. The Morgan fingerprint density at radius 2 is 2.07 bits per heavy atom. The highest BCUT2D eigenvalue weighted by Gasteiger charge is 2.42. The first kappa shape index (κ1) is 12.4. The Hall–Kier alpha value is -0.650. The van der Waals surface area contributed by atoms with Gasteiger partial charge in [-0.3, -0.25) is 0 Å². The Bertz CT molecular complexity index is 238. The fraction of sp³-hybridized carbons (Fsp3) is 0.900. The zero-order valence-electron chi connectivity index (χ0n) is 9.66. The maximum Gasteiger partial charge on any atom is 0.331 e. The lowest BCUT2D eigenvalue weighted by Crippen LogP contribution is -2.36. The van der Waals surface area contributed by atoms with Crippen LogP contribution in [0.15, 0.2) is 0 Å². The molecule has 1 rings (SSSR count). The third kappa shape index (κ3) is 3.77. The van der Waals surface area contributed by atoms with Crippen molar-refractivity contribution >= 4 is 5.97 Å². The van der Waals surface area contributed by atoms with Crippen molar-refractivity contribution in [3.05, 3.63) is 0 Å². The molecule has 88 valence electrons. The lowest BCUT2D eigenvalue weighted by molar-refractivity contribution is -0.171. The van der Waals surface area contributed by atoms with Crippen LogP contribution in [0.5, 0.6) is 0 Å². The monoisotopic (exact) mass is 218 g/mol. The second kappa shape index (κ2) is 4.47. The van der Waals surface area contributed by atoms with Crippen molar-refractivity contribution in [3.63, 3.8) is 0 Å². The first-order chi connectivity index (χ1) is 6.87. The van der Waals surface area contributed by atoms with E-state index in [4.69, 9.17) is 14.2 Å². The highest BCUT2D eigenvalue weighted by atomic mass is 16.8. The predicted octanol–water partition coefficient (Wildman–Crippen LogP) is 0.718. The summed E-state index contributed by atoms with van der Waals surface area (Å²) in [4.78, 5) is 10.8. The smallest absolute Gasteiger partial charge is 0.331 e. The first-order valence-electron chi connectivity index (χ1n) is 4.86. The summed E-state index contributed by atoms with van der Waals surface area (Å²) in [6.07, 6.45) is 0. The fourth-order valence-electron chi connectivity index (χ4n) is 1.46. The van der Waals surface area contributed by atoms with Crippen LogP contribution in [0.4, 0.5) is 0 Å². The van der Waals surface area contributed by atoms with E-state index in [0.717, 1.165) is 0 Å². The minimum Gasteiger partial charge on any atom is -0.467 e. The van der Waals surface area contributed by atoms with Gasteiger partial charge >= 0.3 is 5.97 Å². The van der Waals surface area contributed by atoms with Crippen molar-refractivity contribution in [2.75, 3.05) is 26.9 Å². The van der Waals surface area contributed by atoms with E-state index in [1.165, 1.54) is 7.11 Å². The molecule has 1 fully saturated rings. The highest BCUT2D eigenvalue weighted by molar-refractivity contribution is 5.70. The van der Waals surface area contributed by atoms with Gasteiger partial charge in [0.15, 0.2) is 5.79 Å². The number of hydrogen-bond donors (Lipinski definition) is 0. The number of methoxy groups -OCH3 is 1. The second-order valence-corrected chi connectivity index (χ2v) is 4.31. The van der Waals surface area contributed by atoms with Crippen LogP contribution in [0.3, 0.4) is 0 Å². The molecule has 15 heavy (non-hydrogen) atoms. The van der Waals surface area contributed by atoms with Crippen LogP contribution in [0.2, 0.25) is 0 Å². The lowest BCUT2D eigenvalue weighted by Gasteiger charge is -2.24. The molecule has 0 spiro atoms. The van der Waals surface area contributed by atoms with E-state index in [1.807, 2.05) is 20.8 Å². The number of carbonyl (C=O) groups excluding carboxylic acids is 1. The average molecular weight is 218 g/mol. The maximum absolute atomic E-state index is 10.8. The molecule has 5 heteroatoms. The number of carbonyl (C=O) groups is 1. The summed E-state index contributed by atoms with van der Waals surface area (Å²) in [5.41, 5.74) is -0.489. The van der Waals surface area contributed by atoms with Crippen LogP contribution in [0.25, 0.3) is 0 Å². The standard InChI is InChI=1S/C10H18O5/c1-9(2)14-7-10(3,15-9)6-13-5-8(11)12-4/h5-7H2,1-4H3/t10-/m0/s1. The Morgan fingerprint density at radius 3 is 2.53 bits per heavy atom. The van der Waals surface area contributed by atoms with E-state index in [2.05, 4.69) is 4.74 Å².